The first-order valence-electron chi connectivity index (χ1n) is 10.8. The number of halogens is 4. The predicted octanol–water partition coefficient (Wildman–Crippen LogP) is 6.48. The minimum atomic E-state index is -4.75. The van der Waals surface area contributed by atoms with Crippen LogP contribution in [0.3, 0.4) is 0 Å². The van der Waals surface area contributed by atoms with Crippen LogP contribution in [0.4, 0.5) is 39.7 Å². The summed E-state index contributed by atoms with van der Waals surface area (Å²) < 4.78 is 58.3. The van der Waals surface area contributed by atoms with Gasteiger partial charge in [-0.15, -0.1) is 0 Å². The molecule has 190 valence electrons. The quantitative estimate of drug-likeness (QED) is 0.256. The smallest absolute Gasteiger partial charge is 0.416 e. The van der Waals surface area contributed by atoms with Crippen LogP contribution in [0.5, 0.6) is 11.6 Å². The van der Waals surface area contributed by atoms with Gasteiger partial charge in [-0.3, -0.25) is 0 Å². The lowest BCUT2D eigenvalue weighted by molar-refractivity contribution is -0.137. The summed E-state index contributed by atoms with van der Waals surface area (Å²) in [5, 5.41) is 7.58. The molecule has 0 aliphatic heterocycles. The molecule has 0 fully saturated rings. The van der Waals surface area contributed by atoms with E-state index < -0.39 is 23.6 Å². The highest BCUT2D eigenvalue weighted by Crippen LogP contribution is 2.34. The number of carbonyl (C=O) groups excluding carboxylic acids is 1. The van der Waals surface area contributed by atoms with Gasteiger partial charge < -0.3 is 20.7 Å². The number of hydrogen-bond donors (Lipinski definition) is 3. The first-order chi connectivity index (χ1) is 17.6. The zero-order valence-electron chi connectivity index (χ0n) is 19.5. The Morgan fingerprint density at radius 1 is 0.946 bits per heavy atom. The highest BCUT2D eigenvalue weighted by Gasteiger charge is 2.31. The lowest BCUT2D eigenvalue weighted by Crippen LogP contribution is -2.20. The highest BCUT2D eigenvalue weighted by molar-refractivity contribution is 5.99. The number of rotatable bonds is 6. The number of aromatic nitrogens is 3. The molecule has 8 nitrogen and oxygen atoms in total. The van der Waals surface area contributed by atoms with E-state index in [2.05, 4.69) is 30.9 Å². The number of aryl methyl sites for hydroxylation is 1. The van der Waals surface area contributed by atoms with Gasteiger partial charge in [-0.25, -0.2) is 24.1 Å². The molecule has 12 heteroatoms. The molecule has 2 amide bonds. The van der Waals surface area contributed by atoms with Crippen LogP contribution in [-0.4, -0.2) is 28.0 Å². The molecule has 0 saturated carbocycles. The topological polar surface area (TPSA) is 101 Å². The van der Waals surface area contributed by atoms with E-state index in [0.29, 0.717) is 52.2 Å². The van der Waals surface area contributed by atoms with Gasteiger partial charge in [0.2, 0.25) is 11.8 Å². The monoisotopic (exact) mass is 512 g/mol. The summed E-state index contributed by atoms with van der Waals surface area (Å²) in [7, 11) is 1.71. The number of amides is 2. The molecule has 0 aliphatic carbocycles. The van der Waals surface area contributed by atoms with Gasteiger partial charge in [0.1, 0.15) is 11.6 Å². The van der Waals surface area contributed by atoms with Crippen molar-refractivity contribution in [2.75, 3.05) is 23.0 Å². The summed E-state index contributed by atoms with van der Waals surface area (Å²) in [6.45, 7) is 1.74. The number of ether oxygens (including phenoxy) is 1. The maximum Gasteiger partial charge on any atom is 0.416 e. The second-order valence-corrected chi connectivity index (χ2v) is 7.76. The molecular formula is C25H20F4N6O2. The summed E-state index contributed by atoms with van der Waals surface area (Å²) in [6.07, 6.45) is -1.57. The van der Waals surface area contributed by atoms with Gasteiger partial charge in [0.05, 0.1) is 16.8 Å². The van der Waals surface area contributed by atoms with Crippen LogP contribution in [0.15, 0.2) is 67.0 Å². The van der Waals surface area contributed by atoms with Crippen molar-refractivity contribution in [2.24, 2.45) is 0 Å². The lowest BCUT2D eigenvalue weighted by Gasteiger charge is -2.14. The van der Waals surface area contributed by atoms with E-state index in [4.69, 9.17) is 4.74 Å². The van der Waals surface area contributed by atoms with Crippen LogP contribution < -0.4 is 20.7 Å². The third kappa shape index (κ3) is 6.28. The van der Waals surface area contributed by atoms with Crippen LogP contribution in [0.1, 0.15) is 11.1 Å². The van der Waals surface area contributed by atoms with Crippen LogP contribution in [0, 0.1) is 12.7 Å². The third-order valence-corrected chi connectivity index (χ3v) is 5.05. The van der Waals surface area contributed by atoms with Crippen molar-refractivity contribution in [3.05, 3.63) is 83.9 Å². The number of urea groups is 1. The van der Waals surface area contributed by atoms with E-state index in [1.807, 2.05) is 0 Å². The molecule has 0 saturated heterocycles. The summed E-state index contributed by atoms with van der Waals surface area (Å²) in [6, 6.07) is 11.0. The number of nitrogens with one attached hydrogen (secondary N) is 3. The van der Waals surface area contributed by atoms with Crippen molar-refractivity contribution in [1.82, 2.24) is 15.0 Å². The summed E-state index contributed by atoms with van der Waals surface area (Å²) >= 11 is 0. The van der Waals surface area contributed by atoms with Crippen molar-refractivity contribution in [3.63, 3.8) is 0 Å². The van der Waals surface area contributed by atoms with E-state index >= 15 is 0 Å². The molecule has 4 aromatic rings. The molecule has 0 unspecified atom stereocenters. The normalized spacial score (nSPS) is 11.1. The molecule has 0 radical (unpaired) electrons. The minimum Gasteiger partial charge on any atom is -0.438 e. The number of carbonyl (C=O) groups is 1. The molecule has 2 heterocycles. The molecule has 2 aromatic carbocycles. The molecule has 3 N–H and O–H groups in total. The Morgan fingerprint density at radius 3 is 2.46 bits per heavy atom. The SMILES string of the molecule is CNc1nccc(-c2cccnc2Oc2ccc(NC(=O)Nc3cc(F)cc(C(F)(F)F)c3)cc2C)n1. The van der Waals surface area contributed by atoms with E-state index in [1.165, 1.54) is 0 Å². The Morgan fingerprint density at radius 2 is 1.73 bits per heavy atom. The lowest BCUT2D eigenvalue weighted by atomic mass is 10.1. The molecular weight excluding hydrogens is 492 g/mol. The van der Waals surface area contributed by atoms with E-state index in [-0.39, 0.29) is 5.69 Å². The van der Waals surface area contributed by atoms with Crippen molar-refractivity contribution in [1.29, 1.82) is 0 Å². The first kappa shape index (κ1) is 25.4. The summed E-state index contributed by atoms with van der Waals surface area (Å²) in [5.74, 6) is 0.0655. The molecule has 0 bridgehead atoms. The fourth-order valence-corrected chi connectivity index (χ4v) is 3.36. The molecule has 0 atom stereocenters. The Labute approximate surface area is 208 Å². The Bertz CT molecular complexity index is 1450. The van der Waals surface area contributed by atoms with Crippen LogP contribution in [0.2, 0.25) is 0 Å². The molecule has 0 spiro atoms. The number of alkyl halides is 3. The molecule has 4 rings (SSSR count). The fourth-order valence-electron chi connectivity index (χ4n) is 3.36. The average molecular weight is 512 g/mol. The van der Waals surface area contributed by atoms with Gasteiger partial charge >= 0.3 is 12.2 Å². The number of anilines is 3. The Hall–Kier alpha value is -4.74. The summed E-state index contributed by atoms with van der Waals surface area (Å²) in [4.78, 5) is 25.1. The maximum absolute atomic E-state index is 13.6. The standard InChI is InChI=1S/C25H20F4N6O2/c1-14-10-17(33-24(36)34-18-12-15(25(27,28)29)11-16(26)13-18)5-6-21(14)37-22-19(4-3-8-31-22)20-7-9-32-23(30-2)35-20/h3-13H,1-2H3,(H,30,32,35)(H2,33,34,36). The number of nitrogens with zero attached hydrogens (tertiary/aromatic N) is 3. The average Bonchev–Trinajstić information content (AvgIpc) is 2.85. The van der Waals surface area contributed by atoms with Gasteiger partial charge in [0, 0.05) is 30.8 Å². The second-order valence-electron chi connectivity index (χ2n) is 7.76. The highest BCUT2D eigenvalue weighted by atomic mass is 19.4. The Balaban J connectivity index is 1.49. The first-order valence-corrected chi connectivity index (χ1v) is 10.8. The zero-order chi connectivity index (χ0) is 26.6. The van der Waals surface area contributed by atoms with Gasteiger partial charge in [-0.2, -0.15) is 13.2 Å². The molecule has 37 heavy (non-hydrogen) atoms. The van der Waals surface area contributed by atoms with Crippen molar-refractivity contribution < 1.29 is 27.1 Å². The maximum atomic E-state index is 13.6. The number of benzene rings is 2. The van der Waals surface area contributed by atoms with Crippen molar-refractivity contribution in [2.45, 2.75) is 13.1 Å². The van der Waals surface area contributed by atoms with E-state index in [9.17, 15) is 22.4 Å². The predicted molar refractivity (Wildman–Crippen MR) is 130 cm³/mol. The van der Waals surface area contributed by atoms with Gasteiger partial charge in [-0.05, 0) is 67.1 Å². The number of pyridine rings is 1. The molecule has 0 aliphatic rings. The van der Waals surface area contributed by atoms with E-state index in [0.717, 1.165) is 6.07 Å². The second kappa shape index (κ2) is 10.5. The Kier molecular flexibility index (Phi) is 7.18. The van der Waals surface area contributed by atoms with Gasteiger partial charge in [0.25, 0.3) is 0 Å². The van der Waals surface area contributed by atoms with Crippen molar-refractivity contribution >= 4 is 23.4 Å². The van der Waals surface area contributed by atoms with Gasteiger partial charge in [0.15, 0.2) is 0 Å². The van der Waals surface area contributed by atoms with Gasteiger partial charge in [-0.1, -0.05) is 0 Å². The zero-order valence-corrected chi connectivity index (χ0v) is 19.5. The summed E-state index contributed by atoms with van der Waals surface area (Å²) in [5.41, 5.74) is 0.661. The number of hydrogen-bond acceptors (Lipinski definition) is 6. The van der Waals surface area contributed by atoms with E-state index in [1.54, 1.807) is 62.8 Å². The minimum absolute atomic E-state index is 0.302. The third-order valence-electron chi connectivity index (χ3n) is 5.05. The van der Waals surface area contributed by atoms with Crippen LogP contribution in [-0.2, 0) is 6.18 Å². The van der Waals surface area contributed by atoms with Crippen LogP contribution >= 0.6 is 0 Å². The largest absolute Gasteiger partial charge is 0.438 e. The fraction of sp³-hybridized carbons (Fsp3) is 0.120. The molecule has 2 aromatic heterocycles. The van der Waals surface area contributed by atoms with Crippen LogP contribution in [0.25, 0.3) is 11.3 Å². The van der Waals surface area contributed by atoms with Crippen molar-refractivity contribution in [3.8, 4) is 22.9 Å².